The van der Waals surface area contributed by atoms with Crippen LogP contribution in [0.1, 0.15) is 32.6 Å². The Kier molecular flexibility index (Phi) is 4.89. The van der Waals surface area contributed by atoms with Crippen LogP contribution in [0.2, 0.25) is 0 Å². The predicted octanol–water partition coefficient (Wildman–Crippen LogP) is 3.07. The number of piperidine rings is 1. The minimum atomic E-state index is -0.493. The minimum Gasteiger partial charge on any atom is -0.377 e. The van der Waals surface area contributed by atoms with E-state index in [1.807, 2.05) is 6.92 Å². The summed E-state index contributed by atoms with van der Waals surface area (Å²) < 4.78 is 13.2. The van der Waals surface area contributed by atoms with Gasteiger partial charge in [-0.15, -0.1) is 0 Å². The first-order valence-corrected chi connectivity index (χ1v) is 7.00. The molecule has 1 saturated heterocycles. The molecule has 6 heteroatoms. The number of hydrogen-bond acceptors (Lipinski definition) is 4. The maximum Gasteiger partial charge on any atom is 0.292 e. The van der Waals surface area contributed by atoms with E-state index in [0.29, 0.717) is 6.04 Å². The van der Waals surface area contributed by atoms with Gasteiger partial charge in [-0.1, -0.05) is 6.42 Å². The summed E-state index contributed by atoms with van der Waals surface area (Å²) in [6.45, 7) is 2.99. The van der Waals surface area contributed by atoms with Crippen LogP contribution in [0.25, 0.3) is 0 Å². The molecule has 0 amide bonds. The van der Waals surface area contributed by atoms with Gasteiger partial charge in [0.15, 0.2) is 0 Å². The van der Waals surface area contributed by atoms with Crippen molar-refractivity contribution in [3.05, 3.63) is 34.1 Å². The van der Waals surface area contributed by atoms with Gasteiger partial charge in [0.25, 0.3) is 5.69 Å². The number of nitrogens with one attached hydrogen (secondary N) is 2. The molecule has 0 bridgehead atoms. The van der Waals surface area contributed by atoms with Crippen molar-refractivity contribution in [2.45, 2.75) is 44.7 Å². The minimum absolute atomic E-state index is 0.0473. The number of nitro groups is 1. The highest BCUT2D eigenvalue weighted by Gasteiger charge is 2.19. The standard InChI is InChI=1S/C14H20FN3O2/c1-10(8-12-4-2-3-7-16-12)17-13-9-11(15)5-6-14(13)18(19)20/h5-6,9-10,12,16-17H,2-4,7-8H2,1H3. The first-order chi connectivity index (χ1) is 9.56. The second kappa shape index (κ2) is 6.65. The van der Waals surface area contributed by atoms with E-state index < -0.39 is 10.7 Å². The van der Waals surface area contributed by atoms with Gasteiger partial charge in [-0.2, -0.15) is 0 Å². The van der Waals surface area contributed by atoms with E-state index in [4.69, 9.17) is 0 Å². The van der Waals surface area contributed by atoms with Crippen LogP contribution in [-0.4, -0.2) is 23.6 Å². The Bertz CT molecular complexity index is 475. The van der Waals surface area contributed by atoms with E-state index in [-0.39, 0.29) is 17.4 Å². The van der Waals surface area contributed by atoms with Gasteiger partial charge in [-0.25, -0.2) is 4.39 Å². The molecule has 1 heterocycles. The number of nitro benzene ring substituents is 1. The lowest BCUT2D eigenvalue weighted by Crippen LogP contribution is -2.37. The second-order valence-electron chi connectivity index (χ2n) is 5.35. The predicted molar refractivity (Wildman–Crippen MR) is 76.4 cm³/mol. The molecule has 1 aromatic rings. The van der Waals surface area contributed by atoms with Gasteiger partial charge in [-0.05, 0) is 38.8 Å². The van der Waals surface area contributed by atoms with Crippen molar-refractivity contribution in [3.8, 4) is 0 Å². The molecule has 1 aromatic carbocycles. The molecule has 20 heavy (non-hydrogen) atoms. The highest BCUT2D eigenvalue weighted by Crippen LogP contribution is 2.26. The molecule has 2 atom stereocenters. The van der Waals surface area contributed by atoms with E-state index in [2.05, 4.69) is 10.6 Å². The normalized spacial score (nSPS) is 20.4. The summed E-state index contributed by atoms with van der Waals surface area (Å²) in [4.78, 5) is 10.4. The van der Waals surface area contributed by atoms with Gasteiger partial charge in [0.1, 0.15) is 11.5 Å². The van der Waals surface area contributed by atoms with Crippen molar-refractivity contribution in [1.29, 1.82) is 0 Å². The maximum atomic E-state index is 13.2. The molecule has 2 N–H and O–H groups in total. The lowest BCUT2D eigenvalue weighted by Gasteiger charge is -2.26. The topological polar surface area (TPSA) is 67.2 Å². The van der Waals surface area contributed by atoms with Crippen molar-refractivity contribution >= 4 is 11.4 Å². The van der Waals surface area contributed by atoms with Crippen LogP contribution in [-0.2, 0) is 0 Å². The molecule has 2 unspecified atom stereocenters. The van der Waals surface area contributed by atoms with E-state index >= 15 is 0 Å². The van der Waals surface area contributed by atoms with Gasteiger partial charge in [0, 0.05) is 24.2 Å². The molecule has 0 saturated carbocycles. The highest BCUT2D eigenvalue weighted by atomic mass is 19.1. The first kappa shape index (κ1) is 14.7. The SMILES string of the molecule is CC(CC1CCCCN1)Nc1cc(F)ccc1[N+](=O)[O-]. The molecule has 110 valence electrons. The molecular formula is C14H20FN3O2. The molecule has 1 fully saturated rings. The molecule has 1 aliphatic rings. The number of nitrogens with zero attached hydrogens (tertiary/aromatic N) is 1. The van der Waals surface area contributed by atoms with Crippen LogP contribution in [0, 0.1) is 15.9 Å². The van der Waals surface area contributed by atoms with Crippen molar-refractivity contribution < 1.29 is 9.31 Å². The van der Waals surface area contributed by atoms with Crippen LogP contribution < -0.4 is 10.6 Å². The quantitative estimate of drug-likeness (QED) is 0.643. The Labute approximate surface area is 117 Å². The average Bonchev–Trinajstić information content (AvgIpc) is 2.39. The van der Waals surface area contributed by atoms with E-state index in [0.717, 1.165) is 25.5 Å². The zero-order chi connectivity index (χ0) is 14.5. The Balaban J connectivity index is 2.00. The monoisotopic (exact) mass is 281 g/mol. The van der Waals surface area contributed by atoms with Crippen molar-refractivity contribution in [2.24, 2.45) is 0 Å². The Morgan fingerprint density at radius 2 is 2.35 bits per heavy atom. The summed E-state index contributed by atoms with van der Waals surface area (Å²) in [5.74, 6) is -0.471. The van der Waals surface area contributed by atoms with E-state index in [9.17, 15) is 14.5 Å². The lowest BCUT2D eigenvalue weighted by atomic mass is 9.98. The Hall–Kier alpha value is -1.69. The number of benzene rings is 1. The Morgan fingerprint density at radius 1 is 1.55 bits per heavy atom. The summed E-state index contributed by atoms with van der Waals surface area (Å²) in [5, 5.41) is 17.4. The fraction of sp³-hybridized carbons (Fsp3) is 0.571. The number of anilines is 1. The van der Waals surface area contributed by atoms with Crippen LogP contribution in [0.15, 0.2) is 18.2 Å². The van der Waals surface area contributed by atoms with Crippen LogP contribution in [0.5, 0.6) is 0 Å². The van der Waals surface area contributed by atoms with E-state index in [1.54, 1.807) is 0 Å². The third kappa shape index (κ3) is 3.90. The van der Waals surface area contributed by atoms with Gasteiger partial charge >= 0.3 is 0 Å². The van der Waals surface area contributed by atoms with Crippen molar-refractivity contribution in [1.82, 2.24) is 5.32 Å². The first-order valence-electron chi connectivity index (χ1n) is 7.00. The molecule has 0 radical (unpaired) electrons. The maximum absolute atomic E-state index is 13.2. The highest BCUT2D eigenvalue weighted by molar-refractivity contribution is 5.61. The second-order valence-corrected chi connectivity index (χ2v) is 5.35. The van der Waals surface area contributed by atoms with Crippen molar-refractivity contribution in [2.75, 3.05) is 11.9 Å². The zero-order valence-electron chi connectivity index (χ0n) is 11.6. The van der Waals surface area contributed by atoms with Crippen LogP contribution >= 0.6 is 0 Å². The molecule has 0 aliphatic carbocycles. The number of halogens is 1. The van der Waals surface area contributed by atoms with Gasteiger partial charge in [0.2, 0.25) is 0 Å². The molecule has 0 spiro atoms. The van der Waals surface area contributed by atoms with Crippen molar-refractivity contribution in [3.63, 3.8) is 0 Å². The van der Waals surface area contributed by atoms with Crippen LogP contribution in [0.3, 0.4) is 0 Å². The van der Waals surface area contributed by atoms with Gasteiger partial charge in [0.05, 0.1) is 4.92 Å². The lowest BCUT2D eigenvalue weighted by molar-refractivity contribution is -0.384. The third-order valence-corrected chi connectivity index (χ3v) is 3.61. The summed E-state index contributed by atoms with van der Waals surface area (Å²) in [6, 6.07) is 3.97. The Morgan fingerprint density at radius 3 is 3.00 bits per heavy atom. The number of hydrogen-bond donors (Lipinski definition) is 2. The third-order valence-electron chi connectivity index (χ3n) is 3.61. The van der Waals surface area contributed by atoms with E-state index in [1.165, 1.54) is 25.0 Å². The summed E-state index contributed by atoms with van der Waals surface area (Å²) >= 11 is 0. The molecular weight excluding hydrogens is 261 g/mol. The molecule has 5 nitrogen and oxygen atoms in total. The molecule has 1 aliphatic heterocycles. The zero-order valence-corrected chi connectivity index (χ0v) is 11.6. The van der Waals surface area contributed by atoms with Gasteiger partial charge < -0.3 is 10.6 Å². The smallest absolute Gasteiger partial charge is 0.292 e. The fourth-order valence-corrected chi connectivity index (χ4v) is 2.66. The van der Waals surface area contributed by atoms with Gasteiger partial charge in [-0.3, -0.25) is 10.1 Å². The summed E-state index contributed by atoms with van der Waals surface area (Å²) in [7, 11) is 0. The largest absolute Gasteiger partial charge is 0.377 e. The summed E-state index contributed by atoms with van der Waals surface area (Å²) in [6.07, 6.45) is 4.41. The summed E-state index contributed by atoms with van der Waals surface area (Å²) in [5.41, 5.74) is 0.160. The molecule has 2 rings (SSSR count). The molecule has 0 aromatic heterocycles. The average molecular weight is 281 g/mol. The fourth-order valence-electron chi connectivity index (χ4n) is 2.66. The number of rotatable bonds is 5. The van der Waals surface area contributed by atoms with Crippen LogP contribution in [0.4, 0.5) is 15.8 Å².